The predicted octanol–water partition coefficient (Wildman–Crippen LogP) is 0.175. The van der Waals surface area contributed by atoms with E-state index in [2.05, 4.69) is 4.72 Å². The van der Waals surface area contributed by atoms with Gasteiger partial charge in [0.1, 0.15) is 24.0 Å². The molecule has 1 saturated heterocycles. The fraction of sp³-hybridized carbons (Fsp3) is 0.385. The topological polar surface area (TPSA) is 126 Å². The Morgan fingerprint density at radius 1 is 1.45 bits per heavy atom. The zero-order chi connectivity index (χ0) is 16.2. The molecule has 0 atom stereocenters. The Morgan fingerprint density at radius 2 is 2.23 bits per heavy atom. The van der Waals surface area contributed by atoms with E-state index in [9.17, 15) is 18.5 Å². The van der Waals surface area contributed by atoms with Crippen molar-refractivity contribution in [1.82, 2.24) is 4.90 Å². The van der Waals surface area contributed by atoms with Gasteiger partial charge in [0, 0.05) is 13.0 Å². The van der Waals surface area contributed by atoms with Gasteiger partial charge in [-0.1, -0.05) is 6.07 Å². The summed E-state index contributed by atoms with van der Waals surface area (Å²) in [5.41, 5.74) is 0.101. The van der Waals surface area contributed by atoms with Gasteiger partial charge in [-0.15, -0.1) is 0 Å². The Bertz CT molecular complexity index is 711. The van der Waals surface area contributed by atoms with Gasteiger partial charge in [0.15, 0.2) is 0 Å². The summed E-state index contributed by atoms with van der Waals surface area (Å²) in [6.45, 7) is 1.36. The van der Waals surface area contributed by atoms with E-state index >= 15 is 0 Å². The highest BCUT2D eigenvalue weighted by molar-refractivity contribution is 7.90. The fourth-order valence-corrected chi connectivity index (χ4v) is 2.69. The molecular formula is C13H16N4O4S. The summed E-state index contributed by atoms with van der Waals surface area (Å²) in [6, 6.07) is 6.40. The van der Waals surface area contributed by atoms with Crippen LogP contribution in [0.4, 0.5) is 5.69 Å². The second-order valence-corrected chi connectivity index (χ2v) is 6.06. The Kier molecular flexibility index (Phi) is 4.85. The van der Waals surface area contributed by atoms with Crippen LogP contribution in [0.25, 0.3) is 0 Å². The molecule has 0 aliphatic carbocycles. The number of carbonyl (C=O) groups excluding carboxylic acids is 1. The van der Waals surface area contributed by atoms with Crippen LogP contribution in [-0.2, 0) is 15.0 Å². The van der Waals surface area contributed by atoms with E-state index in [1.807, 2.05) is 6.07 Å². The van der Waals surface area contributed by atoms with Crippen LogP contribution in [0.2, 0.25) is 0 Å². The van der Waals surface area contributed by atoms with Crippen molar-refractivity contribution in [2.75, 3.05) is 24.4 Å². The largest absolute Gasteiger partial charge is 0.490 e. The molecule has 9 heteroatoms. The molecular weight excluding hydrogens is 308 g/mol. The maximum atomic E-state index is 11.5. The number of nitriles is 1. The summed E-state index contributed by atoms with van der Waals surface area (Å²) in [7, 11) is -3.98. The van der Waals surface area contributed by atoms with Gasteiger partial charge in [0.2, 0.25) is 5.91 Å². The molecule has 0 saturated carbocycles. The standard InChI is InChI=1S/C13H16N4O4S/c14-9-10-11(16-22(15,19)20)3-1-4-12(10)21-8-7-17-6-2-5-13(17)18/h1,3-4,16H,2,5-8H2,(H2,15,19,20). The van der Waals surface area contributed by atoms with Crippen LogP contribution in [0.5, 0.6) is 5.75 Å². The minimum Gasteiger partial charge on any atom is -0.490 e. The molecule has 1 amide bonds. The minimum atomic E-state index is -3.98. The van der Waals surface area contributed by atoms with Crippen LogP contribution in [0.3, 0.4) is 0 Å². The maximum Gasteiger partial charge on any atom is 0.296 e. The molecule has 2 rings (SSSR count). The molecule has 0 aromatic heterocycles. The second-order valence-electron chi connectivity index (χ2n) is 4.77. The number of carbonyl (C=O) groups is 1. The fourth-order valence-electron chi connectivity index (χ4n) is 2.21. The highest BCUT2D eigenvalue weighted by Gasteiger charge is 2.20. The quantitative estimate of drug-likeness (QED) is 0.771. The molecule has 0 bridgehead atoms. The Hall–Kier alpha value is -2.31. The van der Waals surface area contributed by atoms with Gasteiger partial charge in [-0.3, -0.25) is 9.52 Å². The number of likely N-dealkylation sites (tertiary alicyclic amines) is 1. The number of nitrogens with one attached hydrogen (secondary N) is 1. The summed E-state index contributed by atoms with van der Waals surface area (Å²) >= 11 is 0. The smallest absolute Gasteiger partial charge is 0.296 e. The van der Waals surface area contributed by atoms with Gasteiger partial charge in [-0.25, -0.2) is 5.14 Å². The minimum absolute atomic E-state index is 0.0456. The molecule has 1 aliphatic rings. The van der Waals surface area contributed by atoms with Crippen molar-refractivity contribution in [2.24, 2.45) is 5.14 Å². The van der Waals surface area contributed by atoms with E-state index in [1.54, 1.807) is 17.0 Å². The monoisotopic (exact) mass is 324 g/mol. The number of rotatable bonds is 6. The molecule has 118 valence electrons. The lowest BCUT2D eigenvalue weighted by Crippen LogP contribution is -2.29. The first-order valence-electron chi connectivity index (χ1n) is 6.65. The molecule has 0 spiro atoms. The van der Waals surface area contributed by atoms with E-state index in [1.165, 1.54) is 6.07 Å². The number of nitrogens with two attached hydrogens (primary N) is 1. The van der Waals surface area contributed by atoms with Crippen LogP contribution in [-0.4, -0.2) is 38.9 Å². The van der Waals surface area contributed by atoms with E-state index in [0.29, 0.717) is 19.5 Å². The molecule has 1 aliphatic heterocycles. The van der Waals surface area contributed by atoms with Crippen molar-refractivity contribution in [3.63, 3.8) is 0 Å². The number of hydrogen-bond donors (Lipinski definition) is 2. The van der Waals surface area contributed by atoms with Crippen molar-refractivity contribution < 1.29 is 17.9 Å². The van der Waals surface area contributed by atoms with Gasteiger partial charge < -0.3 is 9.64 Å². The molecule has 3 N–H and O–H groups in total. The van der Waals surface area contributed by atoms with Crippen molar-refractivity contribution in [3.8, 4) is 11.8 Å². The second kappa shape index (κ2) is 6.64. The summed E-state index contributed by atoms with van der Waals surface area (Å²) in [6.07, 6.45) is 1.40. The maximum absolute atomic E-state index is 11.5. The van der Waals surface area contributed by atoms with Gasteiger partial charge in [-0.05, 0) is 18.6 Å². The number of amides is 1. The first kappa shape index (κ1) is 16.1. The zero-order valence-electron chi connectivity index (χ0n) is 11.8. The Balaban J connectivity index is 2.06. The molecule has 8 nitrogen and oxygen atoms in total. The number of anilines is 1. The number of benzene rings is 1. The lowest BCUT2D eigenvalue weighted by molar-refractivity contribution is -0.128. The molecule has 1 heterocycles. The van der Waals surface area contributed by atoms with Crippen molar-refractivity contribution in [2.45, 2.75) is 12.8 Å². The number of nitrogens with zero attached hydrogens (tertiary/aromatic N) is 2. The average molecular weight is 324 g/mol. The molecule has 1 fully saturated rings. The Labute approximate surface area is 128 Å². The Morgan fingerprint density at radius 3 is 2.82 bits per heavy atom. The lowest BCUT2D eigenvalue weighted by Gasteiger charge is -2.16. The van der Waals surface area contributed by atoms with Crippen molar-refractivity contribution in [1.29, 1.82) is 5.26 Å². The first-order valence-corrected chi connectivity index (χ1v) is 8.19. The van der Waals surface area contributed by atoms with E-state index in [-0.39, 0.29) is 29.5 Å². The molecule has 1 aromatic carbocycles. The number of ether oxygens (including phenoxy) is 1. The highest BCUT2D eigenvalue weighted by Crippen LogP contribution is 2.26. The summed E-state index contributed by atoms with van der Waals surface area (Å²) < 4.78 is 29.7. The first-order chi connectivity index (χ1) is 10.4. The van der Waals surface area contributed by atoms with Crippen LogP contribution < -0.4 is 14.6 Å². The van der Waals surface area contributed by atoms with E-state index < -0.39 is 10.2 Å². The summed E-state index contributed by atoms with van der Waals surface area (Å²) in [5, 5.41) is 14.1. The number of hydrogen-bond acceptors (Lipinski definition) is 5. The normalized spacial score (nSPS) is 14.7. The lowest BCUT2D eigenvalue weighted by atomic mass is 10.2. The molecule has 22 heavy (non-hydrogen) atoms. The van der Waals surface area contributed by atoms with Gasteiger partial charge in [0.25, 0.3) is 10.2 Å². The SMILES string of the molecule is N#Cc1c(NS(N)(=O)=O)cccc1OCCN1CCCC1=O. The van der Waals surface area contributed by atoms with E-state index in [4.69, 9.17) is 9.88 Å². The van der Waals surface area contributed by atoms with Crippen LogP contribution in [0, 0.1) is 11.3 Å². The van der Waals surface area contributed by atoms with E-state index in [0.717, 1.165) is 6.42 Å². The van der Waals surface area contributed by atoms with Gasteiger partial charge >= 0.3 is 0 Å². The average Bonchev–Trinajstić information content (AvgIpc) is 2.83. The van der Waals surface area contributed by atoms with Gasteiger partial charge in [0.05, 0.1) is 12.2 Å². The van der Waals surface area contributed by atoms with Crippen LogP contribution in [0.15, 0.2) is 18.2 Å². The third-order valence-corrected chi connectivity index (χ3v) is 3.68. The van der Waals surface area contributed by atoms with Gasteiger partial charge in [-0.2, -0.15) is 13.7 Å². The van der Waals surface area contributed by atoms with Crippen LogP contribution in [0.1, 0.15) is 18.4 Å². The zero-order valence-corrected chi connectivity index (χ0v) is 12.6. The highest BCUT2D eigenvalue weighted by atomic mass is 32.2. The van der Waals surface area contributed by atoms with Crippen LogP contribution >= 0.6 is 0 Å². The third kappa shape index (κ3) is 4.09. The molecule has 0 unspecified atom stereocenters. The summed E-state index contributed by atoms with van der Waals surface area (Å²) in [5.74, 6) is 0.330. The molecule has 1 aromatic rings. The van der Waals surface area contributed by atoms with Crippen molar-refractivity contribution >= 4 is 21.8 Å². The summed E-state index contributed by atoms with van der Waals surface area (Å²) in [4.78, 5) is 13.2. The molecule has 0 radical (unpaired) electrons. The van der Waals surface area contributed by atoms with Crippen molar-refractivity contribution in [3.05, 3.63) is 23.8 Å². The third-order valence-electron chi connectivity index (χ3n) is 3.18. The predicted molar refractivity (Wildman–Crippen MR) is 79.2 cm³/mol.